The molecule has 0 unspecified atom stereocenters. The number of carbonyl (C=O) groups excluding carboxylic acids is 4. The third-order valence-corrected chi connectivity index (χ3v) is 5.51. The van der Waals surface area contributed by atoms with Crippen molar-refractivity contribution < 1.29 is 33.4 Å². The molecule has 2 atom stereocenters. The minimum absolute atomic E-state index is 0.0266. The number of nitrogens with one attached hydrogen (secondary N) is 1. The van der Waals surface area contributed by atoms with Crippen LogP contribution in [0.3, 0.4) is 0 Å². The zero-order valence-electron chi connectivity index (χ0n) is 20.8. The highest BCUT2D eigenvalue weighted by Crippen LogP contribution is 2.20. The number of fused-ring (bicyclic) bond motifs is 1. The largest absolute Gasteiger partial charge is 0.460 e. The van der Waals surface area contributed by atoms with Crippen molar-refractivity contribution in [1.82, 2.24) is 10.2 Å². The van der Waals surface area contributed by atoms with E-state index in [2.05, 4.69) is 10.2 Å². The van der Waals surface area contributed by atoms with Crippen molar-refractivity contribution in [1.29, 1.82) is 0 Å². The quantitative estimate of drug-likeness (QED) is 0.488. The minimum atomic E-state index is -1.08. The molecule has 9 heteroatoms. The van der Waals surface area contributed by atoms with E-state index in [1.54, 1.807) is 20.8 Å². The molecule has 1 aromatic heterocycles. The molecule has 0 spiro atoms. The molecule has 0 aromatic carbocycles. The molecular weight excluding hydrogens is 440 g/mol. The number of aromatic amines is 1. The first-order chi connectivity index (χ1) is 16.1. The van der Waals surface area contributed by atoms with Gasteiger partial charge < -0.3 is 14.2 Å². The smallest absolute Gasteiger partial charge is 0.342 e. The third-order valence-electron chi connectivity index (χ3n) is 5.51. The summed E-state index contributed by atoms with van der Waals surface area (Å²) >= 11 is 0. The number of aromatic nitrogens is 2. The van der Waals surface area contributed by atoms with Gasteiger partial charge >= 0.3 is 17.9 Å². The van der Waals surface area contributed by atoms with Crippen LogP contribution in [0.25, 0.3) is 0 Å². The second-order valence-corrected chi connectivity index (χ2v) is 9.86. The summed E-state index contributed by atoms with van der Waals surface area (Å²) in [5, 5.41) is 6.42. The average Bonchev–Trinajstić information content (AvgIpc) is 3.23. The molecule has 0 amide bonds. The standard InChI is InChI=1S/C25H38N2O7/c1-17-12-10-8-6-5-7-9-11-13-19(23(30)22-18(16-26-27-22)24(31)32-17)33-20(28)14-15-21(29)34-25(2,3)4/h16-17,19H,5-15H2,1-4H3,(H,26,27)/t17-,19+/m1/s1. The fourth-order valence-corrected chi connectivity index (χ4v) is 3.80. The first-order valence-corrected chi connectivity index (χ1v) is 12.3. The second-order valence-electron chi connectivity index (χ2n) is 9.86. The molecule has 0 fully saturated rings. The normalized spacial score (nSPS) is 21.3. The van der Waals surface area contributed by atoms with Gasteiger partial charge in [-0.15, -0.1) is 0 Å². The van der Waals surface area contributed by atoms with Gasteiger partial charge in [-0.05, 0) is 53.4 Å². The van der Waals surface area contributed by atoms with Crippen LogP contribution in [-0.2, 0) is 23.8 Å². The van der Waals surface area contributed by atoms with Gasteiger partial charge in [0.2, 0.25) is 5.78 Å². The summed E-state index contributed by atoms with van der Waals surface area (Å²) < 4.78 is 16.2. The lowest BCUT2D eigenvalue weighted by atomic mass is 10.0. The maximum absolute atomic E-state index is 13.2. The van der Waals surface area contributed by atoms with E-state index in [-0.39, 0.29) is 30.2 Å². The van der Waals surface area contributed by atoms with Crippen LogP contribution in [0.4, 0.5) is 0 Å². The van der Waals surface area contributed by atoms with E-state index in [1.165, 1.54) is 6.20 Å². The number of esters is 3. The summed E-state index contributed by atoms with van der Waals surface area (Å²) in [6.07, 6.45) is 7.53. The van der Waals surface area contributed by atoms with Gasteiger partial charge in [-0.25, -0.2) is 4.79 Å². The third kappa shape index (κ3) is 9.65. The summed E-state index contributed by atoms with van der Waals surface area (Å²) in [5.74, 6) is -2.35. The Labute approximate surface area is 201 Å². The van der Waals surface area contributed by atoms with Crippen LogP contribution >= 0.6 is 0 Å². The maximum atomic E-state index is 13.2. The highest BCUT2D eigenvalue weighted by molar-refractivity contribution is 6.07. The number of nitrogens with zero attached hydrogens (tertiary/aromatic N) is 1. The van der Waals surface area contributed by atoms with Gasteiger partial charge in [0.25, 0.3) is 0 Å². The zero-order valence-corrected chi connectivity index (χ0v) is 20.8. The molecule has 0 aliphatic carbocycles. The molecular formula is C25H38N2O7. The van der Waals surface area contributed by atoms with Crippen LogP contribution in [-0.4, -0.2) is 51.7 Å². The van der Waals surface area contributed by atoms with Crippen molar-refractivity contribution >= 4 is 23.7 Å². The lowest BCUT2D eigenvalue weighted by molar-refractivity contribution is -0.159. The van der Waals surface area contributed by atoms with E-state index in [0.29, 0.717) is 12.8 Å². The summed E-state index contributed by atoms with van der Waals surface area (Å²) in [5.41, 5.74) is -0.656. The molecule has 1 aliphatic rings. The Hall–Kier alpha value is -2.71. The average molecular weight is 479 g/mol. The van der Waals surface area contributed by atoms with Gasteiger partial charge in [-0.2, -0.15) is 5.10 Å². The Morgan fingerprint density at radius 2 is 1.59 bits per heavy atom. The summed E-state index contributed by atoms with van der Waals surface area (Å²) in [7, 11) is 0. The fourth-order valence-electron chi connectivity index (χ4n) is 3.80. The van der Waals surface area contributed by atoms with E-state index in [9.17, 15) is 19.2 Å². The van der Waals surface area contributed by atoms with E-state index in [4.69, 9.17) is 14.2 Å². The number of ketones is 1. The molecule has 1 aliphatic heterocycles. The topological polar surface area (TPSA) is 125 Å². The van der Waals surface area contributed by atoms with Crippen LogP contribution in [0.2, 0.25) is 0 Å². The van der Waals surface area contributed by atoms with Crippen molar-refractivity contribution in [2.75, 3.05) is 0 Å². The molecule has 190 valence electrons. The summed E-state index contributed by atoms with van der Waals surface area (Å²) in [4.78, 5) is 50.2. The maximum Gasteiger partial charge on any atom is 0.342 e. The SMILES string of the molecule is C[C@@H]1CCCCCCCCC[C@H](OC(=O)CCC(=O)OC(C)(C)C)C(=O)c2[nH]ncc2C(=O)O1. The summed E-state index contributed by atoms with van der Waals surface area (Å²) in [6, 6.07) is 0. The Morgan fingerprint density at radius 3 is 2.24 bits per heavy atom. The van der Waals surface area contributed by atoms with Gasteiger partial charge in [0.1, 0.15) is 16.9 Å². The molecule has 34 heavy (non-hydrogen) atoms. The van der Waals surface area contributed by atoms with Gasteiger partial charge in [-0.3, -0.25) is 19.5 Å². The molecule has 0 bridgehead atoms. The highest BCUT2D eigenvalue weighted by atomic mass is 16.6. The van der Waals surface area contributed by atoms with Gasteiger partial charge in [0, 0.05) is 0 Å². The van der Waals surface area contributed by atoms with Crippen molar-refractivity contribution in [3.05, 3.63) is 17.5 Å². The molecule has 1 N–H and O–H groups in total. The van der Waals surface area contributed by atoms with Crippen molar-refractivity contribution in [3.63, 3.8) is 0 Å². The van der Waals surface area contributed by atoms with Gasteiger partial charge in [0.15, 0.2) is 6.10 Å². The number of Topliss-reactive ketones (excluding diaryl/α,β-unsaturated/α-hetero) is 1. The molecule has 0 saturated heterocycles. The molecule has 9 nitrogen and oxygen atoms in total. The lowest BCUT2D eigenvalue weighted by Gasteiger charge is -2.20. The molecule has 2 rings (SSSR count). The monoisotopic (exact) mass is 478 g/mol. The number of H-pyrrole nitrogens is 1. The predicted molar refractivity (Wildman–Crippen MR) is 124 cm³/mol. The Morgan fingerprint density at radius 1 is 1.00 bits per heavy atom. The fraction of sp³-hybridized carbons (Fsp3) is 0.720. The van der Waals surface area contributed by atoms with Crippen molar-refractivity contribution in [3.8, 4) is 0 Å². The Bertz CT molecular complexity index is 841. The van der Waals surface area contributed by atoms with E-state index in [1.807, 2.05) is 6.92 Å². The predicted octanol–water partition coefficient (Wildman–Crippen LogP) is 4.70. The number of hydrogen-bond donors (Lipinski definition) is 1. The van der Waals surface area contributed by atoms with Crippen LogP contribution in [0, 0.1) is 0 Å². The number of ether oxygens (including phenoxy) is 3. The lowest BCUT2D eigenvalue weighted by Crippen LogP contribution is -2.30. The minimum Gasteiger partial charge on any atom is -0.460 e. The molecule has 2 heterocycles. The molecule has 0 radical (unpaired) electrons. The summed E-state index contributed by atoms with van der Waals surface area (Å²) in [6.45, 7) is 7.06. The zero-order chi connectivity index (χ0) is 25.1. The van der Waals surface area contributed by atoms with Crippen LogP contribution < -0.4 is 0 Å². The number of carbonyl (C=O) groups is 4. The first-order valence-electron chi connectivity index (χ1n) is 12.3. The number of rotatable bonds is 4. The van der Waals surface area contributed by atoms with Gasteiger partial charge in [0.05, 0.1) is 25.1 Å². The second kappa shape index (κ2) is 13.2. The Kier molecular flexibility index (Phi) is 10.7. The van der Waals surface area contributed by atoms with Crippen molar-refractivity contribution in [2.24, 2.45) is 0 Å². The van der Waals surface area contributed by atoms with E-state index in [0.717, 1.165) is 44.9 Å². The van der Waals surface area contributed by atoms with Crippen LogP contribution in [0.1, 0.15) is 119 Å². The number of hydrogen-bond acceptors (Lipinski definition) is 8. The van der Waals surface area contributed by atoms with Crippen LogP contribution in [0.5, 0.6) is 0 Å². The Balaban J connectivity index is 2.10. The first kappa shape index (κ1) is 27.5. The number of cyclic esters (lactones) is 1. The van der Waals surface area contributed by atoms with Crippen molar-refractivity contribution in [2.45, 2.75) is 116 Å². The van der Waals surface area contributed by atoms with Crippen LogP contribution in [0.15, 0.2) is 6.20 Å². The van der Waals surface area contributed by atoms with E-state index >= 15 is 0 Å². The van der Waals surface area contributed by atoms with Gasteiger partial charge in [-0.1, -0.05) is 32.1 Å². The molecule has 1 aromatic rings. The van der Waals surface area contributed by atoms with E-state index < -0.39 is 35.4 Å². The highest BCUT2D eigenvalue weighted by Gasteiger charge is 2.30. The molecule has 0 saturated carbocycles.